The number of carbonyl (C=O) groups is 1. The minimum Gasteiger partial charge on any atom is -0.300 e. The van der Waals surface area contributed by atoms with Crippen LogP contribution in [0.5, 0.6) is 0 Å². The van der Waals surface area contributed by atoms with Gasteiger partial charge in [0.1, 0.15) is 5.82 Å². The van der Waals surface area contributed by atoms with Gasteiger partial charge in [0.2, 0.25) is 11.0 Å². The first kappa shape index (κ1) is 19.9. The van der Waals surface area contributed by atoms with Crippen molar-refractivity contribution < 1.29 is 9.18 Å². The molecular formula is C21H23BrFN3OS2. The molecule has 4 atom stereocenters. The van der Waals surface area contributed by atoms with Crippen LogP contribution in [-0.4, -0.2) is 20.4 Å². The first-order chi connectivity index (χ1) is 13.9. The minimum atomic E-state index is -0.232. The summed E-state index contributed by atoms with van der Waals surface area (Å²) in [4.78, 5) is 12.8. The number of alkyl halides is 1. The van der Waals surface area contributed by atoms with E-state index in [1.54, 1.807) is 23.9 Å². The average molecular weight is 496 g/mol. The van der Waals surface area contributed by atoms with Crippen molar-refractivity contribution in [3.05, 3.63) is 35.6 Å². The second-order valence-corrected chi connectivity index (χ2v) is 13.0. The van der Waals surface area contributed by atoms with Crippen LogP contribution in [-0.2, 0) is 10.5 Å². The predicted molar refractivity (Wildman–Crippen MR) is 118 cm³/mol. The molecular weight excluding hydrogens is 473 g/mol. The molecule has 154 valence electrons. The van der Waals surface area contributed by atoms with Gasteiger partial charge in [0, 0.05) is 16.5 Å². The summed E-state index contributed by atoms with van der Waals surface area (Å²) in [5.41, 5.74) is 1.19. The number of anilines is 1. The van der Waals surface area contributed by atoms with E-state index in [2.05, 4.69) is 31.4 Å². The molecule has 6 rings (SSSR count). The van der Waals surface area contributed by atoms with Gasteiger partial charge in [-0.3, -0.25) is 4.79 Å². The normalized spacial score (nSPS) is 32.5. The van der Waals surface area contributed by atoms with Crippen molar-refractivity contribution in [2.75, 3.05) is 5.32 Å². The van der Waals surface area contributed by atoms with Gasteiger partial charge in [-0.25, -0.2) is 4.39 Å². The Hall–Kier alpha value is -0.990. The zero-order valence-electron chi connectivity index (χ0n) is 16.0. The molecule has 8 heteroatoms. The molecule has 1 amide bonds. The van der Waals surface area contributed by atoms with Crippen molar-refractivity contribution in [1.29, 1.82) is 0 Å². The molecule has 1 N–H and O–H groups in total. The monoisotopic (exact) mass is 495 g/mol. The zero-order chi connectivity index (χ0) is 20.1. The van der Waals surface area contributed by atoms with Gasteiger partial charge in [0.15, 0.2) is 4.34 Å². The summed E-state index contributed by atoms with van der Waals surface area (Å²) in [5, 5.41) is 11.9. The van der Waals surface area contributed by atoms with E-state index in [0.29, 0.717) is 17.3 Å². The number of halogens is 2. The molecule has 4 aliphatic rings. The molecule has 0 aliphatic heterocycles. The van der Waals surface area contributed by atoms with Crippen LogP contribution in [0.3, 0.4) is 0 Å². The molecule has 4 bridgehead atoms. The smallest absolute Gasteiger partial charge is 0.226 e. The lowest BCUT2D eigenvalue weighted by Gasteiger charge is -2.60. The fourth-order valence-electron chi connectivity index (χ4n) is 6.09. The Bertz CT molecular complexity index is 905. The van der Waals surface area contributed by atoms with Gasteiger partial charge in [0.05, 0.1) is 0 Å². The summed E-state index contributed by atoms with van der Waals surface area (Å²) >= 11 is 6.96. The Morgan fingerprint density at radius 3 is 2.62 bits per heavy atom. The van der Waals surface area contributed by atoms with Crippen molar-refractivity contribution in [1.82, 2.24) is 10.2 Å². The summed E-state index contributed by atoms with van der Waals surface area (Å²) in [6, 6.07) is 6.47. The summed E-state index contributed by atoms with van der Waals surface area (Å²) in [6.07, 6.45) is 8.00. The molecule has 2 unspecified atom stereocenters. The highest BCUT2D eigenvalue weighted by molar-refractivity contribution is 9.10. The van der Waals surface area contributed by atoms with Gasteiger partial charge in [-0.05, 0) is 73.5 Å². The Kier molecular flexibility index (Phi) is 5.23. The van der Waals surface area contributed by atoms with Crippen molar-refractivity contribution in [3.8, 4) is 0 Å². The number of nitrogens with zero attached hydrogens (tertiary/aromatic N) is 2. The predicted octanol–water partition coefficient (Wildman–Crippen LogP) is 6.03. The minimum absolute atomic E-state index is 0.0642. The quantitative estimate of drug-likeness (QED) is 0.301. The van der Waals surface area contributed by atoms with Crippen LogP contribution in [0.4, 0.5) is 9.52 Å². The molecule has 4 nitrogen and oxygen atoms in total. The maximum atomic E-state index is 13.0. The van der Waals surface area contributed by atoms with Crippen molar-refractivity contribution in [2.45, 2.75) is 59.4 Å². The average Bonchev–Trinajstić information content (AvgIpc) is 3.05. The zero-order valence-corrected chi connectivity index (χ0v) is 19.2. The van der Waals surface area contributed by atoms with Gasteiger partial charge in [-0.2, -0.15) is 0 Å². The largest absolute Gasteiger partial charge is 0.300 e. The lowest BCUT2D eigenvalue weighted by Crippen LogP contribution is -2.53. The van der Waals surface area contributed by atoms with Crippen LogP contribution < -0.4 is 5.32 Å². The van der Waals surface area contributed by atoms with Crippen molar-refractivity contribution >= 4 is 50.1 Å². The van der Waals surface area contributed by atoms with Crippen LogP contribution in [0.25, 0.3) is 0 Å². The standard InChI is InChI=1S/C21H23BrFN3OS2/c22-21-8-14-5-15(9-21)7-20(6-14,12-21)10-17(27)24-18-25-26-19(29-18)28-11-13-1-3-16(23)4-2-13/h1-4,14-15H,5-12H2,(H,24,25,27)/t14-,15+,20?,21?. The highest BCUT2D eigenvalue weighted by Crippen LogP contribution is 2.65. The first-order valence-corrected chi connectivity index (χ1v) is 12.7. The van der Waals surface area contributed by atoms with Crippen molar-refractivity contribution in [2.24, 2.45) is 17.3 Å². The first-order valence-electron chi connectivity index (χ1n) is 10.1. The van der Waals surface area contributed by atoms with Crippen LogP contribution in [0.2, 0.25) is 0 Å². The van der Waals surface area contributed by atoms with Gasteiger partial charge >= 0.3 is 0 Å². The Balaban J connectivity index is 1.17. The van der Waals surface area contributed by atoms with E-state index < -0.39 is 0 Å². The van der Waals surface area contributed by atoms with Gasteiger partial charge in [-0.1, -0.05) is 51.2 Å². The molecule has 4 saturated carbocycles. The Morgan fingerprint density at radius 1 is 1.21 bits per heavy atom. The number of carbonyl (C=O) groups excluding carboxylic acids is 1. The Morgan fingerprint density at radius 2 is 1.93 bits per heavy atom. The van der Waals surface area contributed by atoms with Gasteiger partial charge < -0.3 is 5.32 Å². The topological polar surface area (TPSA) is 54.9 Å². The molecule has 2 aromatic rings. The van der Waals surface area contributed by atoms with Crippen molar-refractivity contribution in [3.63, 3.8) is 0 Å². The summed E-state index contributed by atoms with van der Waals surface area (Å²) < 4.78 is 14.1. The summed E-state index contributed by atoms with van der Waals surface area (Å²) in [7, 11) is 0. The van der Waals surface area contributed by atoms with E-state index in [9.17, 15) is 9.18 Å². The fraction of sp³-hybridized carbons (Fsp3) is 0.571. The second kappa shape index (κ2) is 7.61. The summed E-state index contributed by atoms with van der Waals surface area (Å²) in [5.74, 6) is 2.08. The third kappa shape index (κ3) is 4.39. The Labute approximate surface area is 186 Å². The maximum Gasteiger partial charge on any atom is 0.226 e. The number of aromatic nitrogens is 2. The van der Waals surface area contributed by atoms with Crippen LogP contribution in [0.1, 0.15) is 50.5 Å². The lowest BCUT2D eigenvalue weighted by molar-refractivity contribution is -0.123. The molecule has 0 spiro atoms. The molecule has 1 aromatic heterocycles. The number of hydrogen-bond donors (Lipinski definition) is 1. The van der Waals surface area contributed by atoms with Gasteiger partial charge in [0.25, 0.3) is 0 Å². The van der Waals surface area contributed by atoms with E-state index in [4.69, 9.17) is 0 Å². The molecule has 1 aromatic carbocycles. The fourth-order valence-corrected chi connectivity index (χ4v) is 9.33. The van der Waals surface area contributed by atoms with Crippen LogP contribution in [0, 0.1) is 23.1 Å². The maximum absolute atomic E-state index is 13.0. The van der Waals surface area contributed by atoms with E-state index >= 15 is 0 Å². The number of thioether (sulfide) groups is 1. The molecule has 4 fully saturated rings. The molecule has 4 aliphatic carbocycles. The van der Waals surface area contributed by atoms with E-state index in [0.717, 1.165) is 28.2 Å². The molecule has 29 heavy (non-hydrogen) atoms. The highest BCUT2D eigenvalue weighted by Gasteiger charge is 2.57. The molecule has 0 radical (unpaired) electrons. The number of nitrogens with one attached hydrogen (secondary N) is 1. The van der Waals surface area contributed by atoms with E-state index in [-0.39, 0.29) is 21.5 Å². The van der Waals surface area contributed by atoms with Crippen LogP contribution >= 0.6 is 39.0 Å². The molecule has 1 heterocycles. The third-order valence-corrected chi connectivity index (χ3v) is 9.55. The van der Waals surface area contributed by atoms with Crippen LogP contribution in [0.15, 0.2) is 28.6 Å². The number of amides is 1. The summed E-state index contributed by atoms with van der Waals surface area (Å²) in [6.45, 7) is 0. The molecule has 0 saturated heterocycles. The number of benzene rings is 1. The second-order valence-electron chi connectivity index (χ2n) is 9.13. The third-order valence-electron chi connectivity index (χ3n) is 6.57. The number of hydrogen-bond acceptors (Lipinski definition) is 5. The van der Waals surface area contributed by atoms with Gasteiger partial charge in [-0.15, -0.1) is 10.2 Å². The van der Waals surface area contributed by atoms with E-state index in [1.807, 2.05) is 0 Å². The number of rotatable bonds is 6. The lowest BCUT2D eigenvalue weighted by atomic mass is 9.48. The van der Waals surface area contributed by atoms with E-state index in [1.165, 1.54) is 55.6 Å². The SMILES string of the molecule is O=C(CC12C[C@@H]3C[C@@H](CC(Br)(C3)C1)C2)Nc1nnc(SCc2ccc(F)cc2)s1. The highest BCUT2D eigenvalue weighted by atomic mass is 79.9.